The quantitative estimate of drug-likeness (QED) is 0.602. The van der Waals surface area contributed by atoms with Crippen molar-refractivity contribution in [3.05, 3.63) is 35.3 Å². The number of hydrogen-bond acceptors (Lipinski definition) is 6. The summed E-state index contributed by atoms with van der Waals surface area (Å²) in [5, 5.41) is 0.986. The Morgan fingerprint density at radius 2 is 1.54 bits per heavy atom. The molecule has 26 heavy (non-hydrogen) atoms. The van der Waals surface area contributed by atoms with E-state index in [2.05, 4.69) is 32.7 Å². The molecule has 0 bridgehead atoms. The number of hydrogen-bond donors (Lipinski definition) is 0. The summed E-state index contributed by atoms with van der Waals surface area (Å²) in [5.41, 5.74) is 3.13. The summed E-state index contributed by atoms with van der Waals surface area (Å²) in [6, 6.07) is 3.95. The Morgan fingerprint density at radius 3 is 2.00 bits per heavy atom. The van der Waals surface area contributed by atoms with E-state index in [0.29, 0.717) is 29.1 Å². The Labute approximate surface area is 160 Å². The van der Waals surface area contributed by atoms with Gasteiger partial charge in [-0.25, -0.2) is 4.98 Å². The molecule has 2 aromatic rings. The van der Waals surface area contributed by atoms with Crippen LogP contribution in [0.3, 0.4) is 0 Å². The lowest BCUT2D eigenvalue weighted by molar-refractivity contribution is 0.324. The van der Waals surface area contributed by atoms with Gasteiger partial charge in [0.1, 0.15) is 5.03 Å². The van der Waals surface area contributed by atoms with Gasteiger partial charge in [-0.3, -0.25) is 4.98 Å². The molecule has 0 unspecified atom stereocenters. The predicted octanol–water partition coefficient (Wildman–Crippen LogP) is 5.04. The zero-order valence-electron chi connectivity index (χ0n) is 16.6. The Morgan fingerprint density at radius 1 is 0.923 bits per heavy atom. The highest BCUT2D eigenvalue weighted by atomic mass is 32.2. The molecule has 0 N–H and O–H groups in total. The van der Waals surface area contributed by atoms with Crippen LogP contribution < -0.4 is 14.2 Å². The van der Waals surface area contributed by atoms with Crippen LogP contribution in [0.2, 0.25) is 0 Å². The van der Waals surface area contributed by atoms with Crippen molar-refractivity contribution < 1.29 is 14.2 Å². The van der Waals surface area contributed by atoms with E-state index in [4.69, 9.17) is 19.2 Å². The summed E-state index contributed by atoms with van der Waals surface area (Å²) in [6.45, 7) is 8.55. The number of rotatable bonds is 8. The molecule has 0 spiro atoms. The van der Waals surface area contributed by atoms with Crippen molar-refractivity contribution in [2.24, 2.45) is 0 Å². The van der Waals surface area contributed by atoms with E-state index < -0.39 is 0 Å². The average molecular weight is 377 g/mol. The van der Waals surface area contributed by atoms with Crippen LogP contribution in [0, 0.1) is 0 Å². The van der Waals surface area contributed by atoms with Gasteiger partial charge in [-0.2, -0.15) is 0 Å². The smallest absolute Gasteiger partial charge is 0.203 e. The molecular formula is C20H28N2O3S. The van der Waals surface area contributed by atoms with Crippen LogP contribution in [-0.4, -0.2) is 31.3 Å². The molecule has 6 heteroatoms. The molecule has 2 rings (SSSR count). The lowest BCUT2D eigenvalue weighted by Gasteiger charge is -2.15. The average Bonchev–Trinajstić information content (AvgIpc) is 2.64. The molecule has 0 atom stereocenters. The summed E-state index contributed by atoms with van der Waals surface area (Å²) < 4.78 is 16.3. The molecule has 5 nitrogen and oxygen atoms in total. The van der Waals surface area contributed by atoms with E-state index in [1.807, 2.05) is 18.3 Å². The van der Waals surface area contributed by atoms with Gasteiger partial charge in [0.2, 0.25) is 5.75 Å². The van der Waals surface area contributed by atoms with Crippen molar-refractivity contribution in [3.8, 4) is 17.2 Å². The second-order valence-corrected chi connectivity index (χ2v) is 7.58. The lowest BCUT2D eigenvalue weighted by Crippen LogP contribution is -2.03. The van der Waals surface area contributed by atoms with Crippen LogP contribution in [-0.2, 0) is 5.75 Å². The standard InChI is InChI=1S/C20H28N2O3S/c1-12(2)15-10-21-18(13(3)4)20(22-15)26-11-14-8-16(23-5)19(25-7)17(9-14)24-6/h8-10,12-13H,11H2,1-7H3. The van der Waals surface area contributed by atoms with Crippen molar-refractivity contribution in [2.75, 3.05) is 21.3 Å². The maximum absolute atomic E-state index is 5.44. The molecule has 0 radical (unpaired) electrons. The number of nitrogens with zero attached hydrogens (tertiary/aromatic N) is 2. The monoisotopic (exact) mass is 376 g/mol. The Bertz CT molecular complexity index is 723. The fraction of sp³-hybridized carbons (Fsp3) is 0.500. The third-order valence-corrected chi connectivity index (χ3v) is 5.08. The largest absolute Gasteiger partial charge is 0.493 e. The molecule has 0 aliphatic carbocycles. The normalized spacial score (nSPS) is 11.1. The summed E-state index contributed by atoms with van der Waals surface area (Å²) in [5.74, 6) is 3.35. The maximum atomic E-state index is 5.44. The fourth-order valence-corrected chi connectivity index (χ4v) is 3.62. The molecule has 1 aromatic heterocycles. The third-order valence-electron chi connectivity index (χ3n) is 4.02. The van der Waals surface area contributed by atoms with Gasteiger partial charge in [0.15, 0.2) is 11.5 Å². The van der Waals surface area contributed by atoms with Crippen LogP contribution in [0.5, 0.6) is 17.2 Å². The molecule has 1 aromatic carbocycles. The molecule has 0 amide bonds. The van der Waals surface area contributed by atoms with E-state index in [1.54, 1.807) is 33.1 Å². The molecular weight excluding hydrogens is 348 g/mol. The first-order chi connectivity index (χ1) is 12.4. The highest BCUT2D eigenvalue weighted by Crippen LogP contribution is 2.40. The van der Waals surface area contributed by atoms with Gasteiger partial charge in [-0.05, 0) is 29.5 Å². The molecule has 0 aliphatic rings. The van der Waals surface area contributed by atoms with Crippen LogP contribution in [0.4, 0.5) is 0 Å². The second-order valence-electron chi connectivity index (χ2n) is 6.62. The van der Waals surface area contributed by atoms with Crippen molar-refractivity contribution in [2.45, 2.75) is 50.3 Å². The van der Waals surface area contributed by atoms with Crippen molar-refractivity contribution in [1.29, 1.82) is 0 Å². The van der Waals surface area contributed by atoms with E-state index in [-0.39, 0.29) is 0 Å². The minimum atomic E-state index is 0.325. The molecule has 0 saturated heterocycles. The highest BCUT2D eigenvalue weighted by Gasteiger charge is 2.16. The third kappa shape index (κ3) is 4.61. The SMILES string of the molecule is COc1cc(CSc2nc(C(C)C)cnc2C(C)C)cc(OC)c1OC. The summed E-state index contributed by atoms with van der Waals surface area (Å²) in [7, 11) is 4.86. The number of benzene rings is 1. The molecule has 1 heterocycles. The van der Waals surface area contributed by atoms with E-state index >= 15 is 0 Å². The van der Waals surface area contributed by atoms with Crippen molar-refractivity contribution >= 4 is 11.8 Å². The van der Waals surface area contributed by atoms with Gasteiger partial charge in [0.25, 0.3) is 0 Å². The molecule has 0 saturated carbocycles. The fourth-order valence-electron chi connectivity index (χ4n) is 2.55. The maximum Gasteiger partial charge on any atom is 0.203 e. The summed E-state index contributed by atoms with van der Waals surface area (Å²) in [6.07, 6.45) is 1.89. The zero-order valence-corrected chi connectivity index (χ0v) is 17.4. The van der Waals surface area contributed by atoms with E-state index in [1.165, 1.54) is 0 Å². The van der Waals surface area contributed by atoms with Crippen LogP contribution in [0.25, 0.3) is 0 Å². The van der Waals surface area contributed by atoms with Gasteiger partial charge in [0.05, 0.1) is 32.7 Å². The van der Waals surface area contributed by atoms with Crippen LogP contribution in [0.1, 0.15) is 56.5 Å². The Hall–Kier alpha value is -1.95. The number of methoxy groups -OCH3 is 3. The minimum Gasteiger partial charge on any atom is -0.493 e. The van der Waals surface area contributed by atoms with E-state index in [9.17, 15) is 0 Å². The first-order valence-electron chi connectivity index (χ1n) is 8.69. The van der Waals surface area contributed by atoms with Gasteiger partial charge >= 0.3 is 0 Å². The Balaban J connectivity index is 2.32. The lowest BCUT2D eigenvalue weighted by atomic mass is 10.1. The summed E-state index contributed by atoms with van der Waals surface area (Å²) >= 11 is 1.69. The number of thioether (sulfide) groups is 1. The van der Waals surface area contributed by atoms with Gasteiger partial charge in [0, 0.05) is 11.9 Å². The first kappa shape index (κ1) is 20.4. The second kappa shape index (κ2) is 9.12. The molecule has 0 aliphatic heterocycles. The van der Waals surface area contributed by atoms with Gasteiger partial charge < -0.3 is 14.2 Å². The summed E-state index contributed by atoms with van der Waals surface area (Å²) in [4.78, 5) is 9.49. The first-order valence-corrected chi connectivity index (χ1v) is 9.68. The predicted molar refractivity (Wildman–Crippen MR) is 106 cm³/mol. The van der Waals surface area contributed by atoms with Crippen molar-refractivity contribution in [1.82, 2.24) is 9.97 Å². The van der Waals surface area contributed by atoms with Gasteiger partial charge in [-0.1, -0.05) is 39.5 Å². The molecule has 142 valence electrons. The highest BCUT2D eigenvalue weighted by molar-refractivity contribution is 7.98. The van der Waals surface area contributed by atoms with E-state index in [0.717, 1.165) is 27.7 Å². The van der Waals surface area contributed by atoms with Crippen LogP contribution >= 0.6 is 11.8 Å². The zero-order chi connectivity index (χ0) is 19.3. The molecule has 0 fully saturated rings. The Kier molecular flexibility index (Phi) is 7.14. The minimum absolute atomic E-state index is 0.325. The van der Waals surface area contributed by atoms with Crippen molar-refractivity contribution in [3.63, 3.8) is 0 Å². The number of ether oxygens (including phenoxy) is 3. The van der Waals surface area contributed by atoms with Gasteiger partial charge in [-0.15, -0.1) is 0 Å². The van der Waals surface area contributed by atoms with Crippen LogP contribution in [0.15, 0.2) is 23.4 Å². The number of aromatic nitrogens is 2. The topological polar surface area (TPSA) is 53.5 Å².